The third-order valence-corrected chi connectivity index (χ3v) is 6.45. The summed E-state index contributed by atoms with van der Waals surface area (Å²) in [6, 6.07) is 13.2. The van der Waals surface area contributed by atoms with Crippen molar-refractivity contribution in [2.75, 3.05) is 18.0 Å². The molecule has 0 amide bonds. The van der Waals surface area contributed by atoms with Gasteiger partial charge in [-0.15, -0.1) is 10.2 Å². The maximum atomic E-state index is 4.52. The first-order valence-electron chi connectivity index (χ1n) is 10.4. The van der Waals surface area contributed by atoms with E-state index < -0.39 is 0 Å². The highest BCUT2D eigenvalue weighted by molar-refractivity contribution is 5.64. The summed E-state index contributed by atoms with van der Waals surface area (Å²) in [5, 5.41) is 9.01. The Labute approximate surface area is 161 Å². The number of pyridine rings is 1. The van der Waals surface area contributed by atoms with Crippen LogP contribution in [0.1, 0.15) is 55.0 Å². The number of aryl methyl sites for hydroxylation is 2. The second kappa shape index (κ2) is 6.99. The number of aromatic nitrogens is 3. The molecule has 1 aliphatic carbocycles. The average molecular weight is 361 g/mol. The normalized spacial score (nSPS) is 18.3. The number of fused-ring (bicyclic) bond motifs is 1. The molecule has 1 saturated heterocycles. The quantitative estimate of drug-likeness (QED) is 0.657. The number of benzene rings is 1. The van der Waals surface area contributed by atoms with E-state index in [0.717, 1.165) is 36.9 Å². The molecule has 140 valence electrons. The van der Waals surface area contributed by atoms with Crippen molar-refractivity contribution in [3.05, 3.63) is 59.5 Å². The van der Waals surface area contributed by atoms with E-state index in [2.05, 4.69) is 69.0 Å². The Morgan fingerprint density at radius 2 is 1.74 bits per heavy atom. The first kappa shape index (κ1) is 16.8. The molecule has 2 fully saturated rings. The summed E-state index contributed by atoms with van der Waals surface area (Å²) < 4.78 is 2.21. The molecule has 0 atom stereocenters. The van der Waals surface area contributed by atoms with Gasteiger partial charge in [-0.05, 0) is 49.7 Å². The number of hydrogen-bond donors (Lipinski definition) is 0. The van der Waals surface area contributed by atoms with Gasteiger partial charge in [0.2, 0.25) is 0 Å². The fraction of sp³-hybridized carbons (Fsp3) is 0.478. The summed E-state index contributed by atoms with van der Waals surface area (Å²) in [6.45, 7) is 4.42. The van der Waals surface area contributed by atoms with E-state index in [9.17, 15) is 0 Å². The van der Waals surface area contributed by atoms with Gasteiger partial charge in [0.05, 0.1) is 0 Å². The summed E-state index contributed by atoms with van der Waals surface area (Å²) in [4.78, 5) is 2.54. The Hall–Kier alpha value is -2.36. The molecule has 0 bridgehead atoms. The van der Waals surface area contributed by atoms with Crippen LogP contribution in [0.5, 0.6) is 0 Å². The molecule has 3 aromatic rings. The molecule has 4 nitrogen and oxygen atoms in total. The summed E-state index contributed by atoms with van der Waals surface area (Å²) in [7, 11) is 0. The number of anilines is 1. The number of rotatable bonds is 5. The summed E-state index contributed by atoms with van der Waals surface area (Å²) in [5.41, 5.74) is 5.11. The summed E-state index contributed by atoms with van der Waals surface area (Å²) >= 11 is 0. The minimum atomic E-state index is 0.689. The smallest absolute Gasteiger partial charge is 0.165 e. The third kappa shape index (κ3) is 3.33. The molecule has 2 aliphatic rings. The van der Waals surface area contributed by atoms with Crippen LogP contribution in [0, 0.1) is 12.8 Å². The van der Waals surface area contributed by atoms with Crippen molar-refractivity contribution in [1.29, 1.82) is 0 Å². The molecule has 1 aliphatic heterocycles. The molecule has 1 aromatic carbocycles. The highest BCUT2D eigenvalue weighted by atomic mass is 15.3. The molecule has 0 N–H and O–H groups in total. The van der Waals surface area contributed by atoms with Gasteiger partial charge in [-0.25, -0.2) is 0 Å². The van der Waals surface area contributed by atoms with Gasteiger partial charge in [0.25, 0.3) is 0 Å². The van der Waals surface area contributed by atoms with E-state index in [4.69, 9.17) is 0 Å². The van der Waals surface area contributed by atoms with Gasteiger partial charge in [-0.1, -0.05) is 43.2 Å². The lowest BCUT2D eigenvalue weighted by Gasteiger charge is -2.34. The Bertz CT molecular complexity index is 918. The number of piperidine rings is 1. The predicted octanol–water partition coefficient (Wildman–Crippen LogP) is 4.76. The standard InChI is InChI=1S/C23H28N4/c1-17-21(26-14-11-20(12-15-26)19-5-3-2-4-6-19)13-16-27-22(24-25-23(17)27)10-9-18-7-8-18/h2-6,13,16,18,20H,7-12,14-15H2,1H3. The van der Waals surface area contributed by atoms with Crippen molar-refractivity contribution in [2.45, 2.75) is 51.4 Å². The largest absolute Gasteiger partial charge is 0.371 e. The van der Waals surface area contributed by atoms with Crippen LogP contribution >= 0.6 is 0 Å². The summed E-state index contributed by atoms with van der Waals surface area (Å²) in [6.07, 6.45) is 9.73. The van der Waals surface area contributed by atoms with Gasteiger partial charge < -0.3 is 4.90 Å². The second-order valence-electron chi connectivity index (χ2n) is 8.29. The third-order valence-electron chi connectivity index (χ3n) is 6.45. The highest BCUT2D eigenvalue weighted by Gasteiger charge is 2.24. The number of hydrogen-bond acceptors (Lipinski definition) is 3. The first-order chi connectivity index (χ1) is 13.3. The fourth-order valence-corrected chi connectivity index (χ4v) is 4.55. The van der Waals surface area contributed by atoms with Crippen molar-refractivity contribution in [3.8, 4) is 0 Å². The van der Waals surface area contributed by atoms with Crippen LogP contribution in [0.3, 0.4) is 0 Å². The van der Waals surface area contributed by atoms with Crippen LogP contribution in [-0.4, -0.2) is 27.7 Å². The van der Waals surface area contributed by atoms with Crippen molar-refractivity contribution < 1.29 is 0 Å². The van der Waals surface area contributed by atoms with Crippen LogP contribution in [0.2, 0.25) is 0 Å². The lowest BCUT2D eigenvalue weighted by molar-refractivity contribution is 0.505. The van der Waals surface area contributed by atoms with Crippen molar-refractivity contribution >= 4 is 11.3 Å². The van der Waals surface area contributed by atoms with Crippen molar-refractivity contribution in [2.24, 2.45) is 5.92 Å². The van der Waals surface area contributed by atoms with Gasteiger partial charge in [-0.3, -0.25) is 4.40 Å². The molecule has 2 aromatic heterocycles. The van der Waals surface area contributed by atoms with Gasteiger partial charge in [-0.2, -0.15) is 0 Å². The van der Waals surface area contributed by atoms with Crippen LogP contribution in [-0.2, 0) is 6.42 Å². The van der Waals surface area contributed by atoms with E-state index >= 15 is 0 Å². The van der Waals surface area contributed by atoms with Gasteiger partial charge in [0, 0.05) is 37.0 Å². The average Bonchev–Trinajstić information content (AvgIpc) is 3.46. The van der Waals surface area contributed by atoms with E-state index in [0.29, 0.717) is 5.92 Å². The van der Waals surface area contributed by atoms with Crippen molar-refractivity contribution in [3.63, 3.8) is 0 Å². The van der Waals surface area contributed by atoms with E-state index in [1.165, 1.54) is 48.9 Å². The minimum absolute atomic E-state index is 0.689. The van der Waals surface area contributed by atoms with Gasteiger partial charge in [0.15, 0.2) is 5.65 Å². The lowest BCUT2D eigenvalue weighted by atomic mass is 9.89. The molecular weight excluding hydrogens is 332 g/mol. The molecule has 0 spiro atoms. The van der Waals surface area contributed by atoms with Crippen LogP contribution in [0.4, 0.5) is 5.69 Å². The SMILES string of the molecule is Cc1c(N2CCC(c3ccccc3)CC2)ccn2c(CCC3CC3)nnc12. The topological polar surface area (TPSA) is 33.4 Å². The van der Waals surface area contributed by atoms with E-state index in [-0.39, 0.29) is 0 Å². The number of nitrogens with zero attached hydrogens (tertiary/aromatic N) is 4. The monoisotopic (exact) mass is 360 g/mol. The van der Waals surface area contributed by atoms with E-state index in [1.54, 1.807) is 0 Å². The Balaban J connectivity index is 1.32. The first-order valence-corrected chi connectivity index (χ1v) is 10.4. The van der Waals surface area contributed by atoms with Crippen molar-refractivity contribution in [1.82, 2.24) is 14.6 Å². The molecular formula is C23H28N4. The van der Waals surface area contributed by atoms with Gasteiger partial charge in [0.1, 0.15) is 5.82 Å². The zero-order valence-electron chi connectivity index (χ0n) is 16.1. The maximum Gasteiger partial charge on any atom is 0.165 e. The van der Waals surface area contributed by atoms with Gasteiger partial charge >= 0.3 is 0 Å². The lowest BCUT2D eigenvalue weighted by Crippen LogP contribution is -2.33. The Morgan fingerprint density at radius 1 is 0.963 bits per heavy atom. The minimum Gasteiger partial charge on any atom is -0.371 e. The Kier molecular flexibility index (Phi) is 4.35. The van der Waals surface area contributed by atoms with E-state index in [1.807, 2.05) is 0 Å². The zero-order chi connectivity index (χ0) is 18.2. The second-order valence-corrected chi connectivity index (χ2v) is 8.29. The molecule has 3 heterocycles. The predicted molar refractivity (Wildman–Crippen MR) is 109 cm³/mol. The molecule has 0 radical (unpaired) electrons. The highest BCUT2D eigenvalue weighted by Crippen LogP contribution is 2.34. The van der Waals surface area contributed by atoms with Crippen LogP contribution in [0.25, 0.3) is 5.65 Å². The maximum absolute atomic E-state index is 4.52. The molecule has 27 heavy (non-hydrogen) atoms. The molecule has 0 unspecified atom stereocenters. The molecule has 5 rings (SSSR count). The zero-order valence-corrected chi connectivity index (χ0v) is 16.1. The van der Waals surface area contributed by atoms with Crippen LogP contribution in [0.15, 0.2) is 42.6 Å². The summed E-state index contributed by atoms with van der Waals surface area (Å²) in [5.74, 6) is 2.74. The molecule has 1 saturated carbocycles. The van der Waals surface area contributed by atoms with Crippen LogP contribution < -0.4 is 4.90 Å². The Morgan fingerprint density at radius 3 is 2.48 bits per heavy atom. The fourth-order valence-electron chi connectivity index (χ4n) is 4.55. The molecule has 4 heteroatoms.